The molecule has 156 valence electrons. The molecule has 1 amide bonds. The van der Waals surface area contributed by atoms with Crippen LogP contribution in [0.1, 0.15) is 60.9 Å². The SMILES string of the molecule is CS(=O)(=O)N1CCN(Cc2cccc(C(=O)NC3CCCCCCC3)c2)CC1. The lowest BCUT2D eigenvalue weighted by atomic mass is 9.96. The number of carbonyl (C=O) groups is 1. The number of rotatable bonds is 5. The fourth-order valence-electron chi connectivity index (χ4n) is 4.16. The van der Waals surface area contributed by atoms with Gasteiger partial charge in [0.25, 0.3) is 5.91 Å². The van der Waals surface area contributed by atoms with Crippen LogP contribution in [0.15, 0.2) is 24.3 Å². The lowest BCUT2D eigenvalue weighted by Gasteiger charge is -2.33. The van der Waals surface area contributed by atoms with Gasteiger partial charge in [-0.05, 0) is 30.5 Å². The first-order valence-corrected chi connectivity index (χ1v) is 12.3. The number of nitrogens with one attached hydrogen (secondary N) is 1. The number of nitrogens with zero attached hydrogens (tertiary/aromatic N) is 2. The van der Waals surface area contributed by atoms with Crippen molar-refractivity contribution in [3.05, 3.63) is 35.4 Å². The maximum absolute atomic E-state index is 12.7. The van der Waals surface area contributed by atoms with Crippen LogP contribution >= 0.6 is 0 Å². The second kappa shape index (κ2) is 9.85. The number of benzene rings is 1. The van der Waals surface area contributed by atoms with Crippen LogP contribution < -0.4 is 5.32 Å². The predicted molar refractivity (Wildman–Crippen MR) is 112 cm³/mol. The molecule has 0 spiro atoms. The summed E-state index contributed by atoms with van der Waals surface area (Å²) < 4.78 is 24.8. The Balaban J connectivity index is 1.54. The van der Waals surface area contributed by atoms with Crippen molar-refractivity contribution in [1.29, 1.82) is 0 Å². The summed E-state index contributed by atoms with van der Waals surface area (Å²) in [6, 6.07) is 8.12. The number of piperazine rings is 1. The molecule has 1 saturated heterocycles. The van der Waals surface area contributed by atoms with E-state index in [4.69, 9.17) is 0 Å². The average molecular weight is 408 g/mol. The minimum absolute atomic E-state index is 0.0225. The molecule has 1 aromatic rings. The van der Waals surface area contributed by atoms with Crippen molar-refractivity contribution in [2.24, 2.45) is 0 Å². The predicted octanol–water partition coefficient (Wildman–Crippen LogP) is 2.61. The Morgan fingerprint density at radius 1 is 1.04 bits per heavy atom. The number of amides is 1. The first-order chi connectivity index (χ1) is 13.4. The van der Waals surface area contributed by atoms with Crippen molar-refractivity contribution in [2.45, 2.75) is 57.5 Å². The summed E-state index contributed by atoms with van der Waals surface area (Å²) in [4.78, 5) is 15.0. The molecule has 0 atom stereocenters. The summed E-state index contributed by atoms with van der Waals surface area (Å²) in [6.45, 7) is 3.22. The van der Waals surface area contributed by atoms with Crippen LogP contribution in [0.5, 0.6) is 0 Å². The minimum atomic E-state index is -3.11. The molecule has 1 heterocycles. The van der Waals surface area contributed by atoms with Crippen LogP contribution in [0.2, 0.25) is 0 Å². The van der Waals surface area contributed by atoms with Gasteiger partial charge in [0, 0.05) is 44.3 Å². The molecule has 0 unspecified atom stereocenters. The van der Waals surface area contributed by atoms with Gasteiger partial charge in [-0.2, -0.15) is 4.31 Å². The monoisotopic (exact) mass is 407 g/mol. The lowest BCUT2D eigenvalue weighted by molar-refractivity contribution is 0.0930. The molecule has 3 rings (SSSR count). The summed E-state index contributed by atoms with van der Waals surface area (Å²) in [7, 11) is -3.11. The van der Waals surface area contributed by atoms with Gasteiger partial charge in [0.2, 0.25) is 10.0 Å². The highest BCUT2D eigenvalue weighted by atomic mass is 32.2. The Hall–Kier alpha value is -1.44. The van der Waals surface area contributed by atoms with E-state index in [2.05, 4.69) is 10.2 Å². The highest BCUT2D eigenvalue weighted by molar-refractivity contribution is 7.88. The standard InChI is InChI=1S/C21H33N3O3S/c1-28(26,27)24-14-12-23(13-15-24)17-18-8-7-9-19(16-18)21(25)22-20-10-5-3-2-4-6-11-20/h7-9,16,20H,2-6,10-15,17H2,1H3,(H,22,25). The smallest absolute Gasteiger partial charge is 0.251 e. The zero-order valence-electron chi connectivity index (χ0n) is 16.9. The lowest BCUT2D eigenvalue weighted by Crippen LogP contribution is -2.47. The summed E-state index contributed by atoms with van der Waals surface area (Å²) in [5.74, 6) is 0.0225. The topological polar surface area (TPSA) is 69.7 Å². The Kier molecular flexibility index (Phi) is 7.48. The second-order valence-corrected chi connectivity index (χ2v) is 10.1. The summed E-state index contributed by atoms with van der Waals surface area (Å²) in [5.41, 5.74) is 1.81. The van der Waals surface area contributed by atoms with Crippen LogP contribution in [-0.2, 0) is 16.6 Å². The van der Waals surface area contributed by atoms with Gasteiger partial charge in [0.15, 0.2) is 0 Å². The Morgan fingerprint density at radius 2 is 1.68 bits per heavy atom. The van der Waals surface area contributed by atoms with Crippen molar-refractivity contribution in [2.75, 3.05) is 32.4 Å². The van der Waals surface area contributed by atoms with E-state index in [1.807, 2.05) is 24.3 Å². The van der Waals surface area contributed by atoms with E-state index in [1.165, 1.54) is 42.7 Å². The van der Waals surface area contributed by atoms with Crippen molar-refractivity contribution in [1.82, 2.24) is 14.5 Å². The molecule has 1 saturated carbocycles. The number of hydrogen-bond acceptors (Lipinski definition) is 4. The summed E-state index contributed by atoms with van der Waals surface area (Å²) in [6.07, 6.45) is 9.69. The maximum Gasteiger partial charge on any atom is 0.251 e. The zero-order valence-corrected chi connectivity index (χ0v) is 17.7. The van der Waals surface area contributed by atoms with E-state index in [0.29, 0.717) is 37.8 Å². The van der Waals surface area contributed by atoms with Crippen LogP contribution in [-0.4, -0.2) is 62.0 Å². The van der Waals surface area contributed by atoms with Crippen LogP contribution in [0.4, 0.5) is 0 Å². The van der Waals surface area contributed by atoms with Gasteiger partial charge in [0.05, 0.1) is 6.26 Å². The van der Waals surface area contributed by atoms with E-state index in [9.17, 15) is 13.2 Å². The van der Waals surface area contributed by atoms with Gasteiger partial charge in [0.1, 0.15) is 0 Å². The quantitative estimate of drug-likeness (QED) is 0.815. The molecule has 1 N–H and O–H groups in total. The van der Waals surface area contributed by atoms with E-state index in [0.717, 1.165) is 24.9 Å². The second-order valence-electron chi connectivity index (χ2n) is 8.15. The summed E-state index contributed by atoms with van der Waals surface area (Å²) in [5, 5.41) is 3.23. The zero-order chi connectivity index (χ0) is 20.0. The third kappa shape index (κ3) is 6.29. The maximum atomic E-state index is 12.7. The fraction of sp³-hybridized carbons (Fsp3) is 0.667. The molecule has 1 aromatic carbocycles. The Bertz CT molecular complexity index is 750. The fourth-order valence-corrected chi connectivity index (χ4v) is 4.98. The van der Waals surface area contributed by atoms with E-state index in [1.54, 1.807) is 0 Å². The van der Waals surface area contributed by atoms with E-state index in [-0.39, 0.29) is 5.91 Å². The molecular weight excluding hydrogens is 374 g/mol. The molecule has 1 aliphatic carbocycles. The third-order valence-corrected chi connectivity index (χ3v) is 7.14. The highest BCUT2D eigenvalue weighted by Gasteiger charge is 2.23. The molecule has 6 nitrogen and oxygen atoms in total. The van der Waals surface area contributed by atoms with Crippen molar-refractivity contribution in [3.63, 3.8) is 0 Å². The van der Waals surface area contributed by atoms with Gasteiger partial charge < -0.3 is 5.32 Å². The number of hydrogen-bond donors (Lipinski definition) is 1. The summed E-state index contributed by atoms with van der Waals surface area (Å²) >= 11 is 0. The van der Waals surface area contributed by atoms with Gasteiger partial charge in [-0.1, -0.05) is 44.2 Å². The van der Waals surface area contributed by atoms with Crippen molar-refractivity contribution >= 4 is 15.9 Å². The van der Waals surface area contributed by atoms with Crippen molar-refractivity contribution in [3.8, 4) is 0 Å². The number of carbonyl (C=O) groups excluding carboxylic acids is 1. The Morgan fingerprint density at radius 3 is 2.32 bits per heavy atom. The third-order valence-electron chi connectivity index (χ3n) is 5.84. The molecule has 1 aliphatic heterocycles. The van der Waals surface area contributed by atoms with Crippen LogP contribution in [0, 0.1) is 0 Å². The first-order valence-electron chi connectivity index (χ1n) is 10.5. The molecule has 2 aliphatic rings. The first kappa shape index (κ1) is 21.3. The van der Waals surface area contributed by atoms with Gasteiger partial charge in [-0.15, -0.1) is 0 Å². The molecule has 0 aromatic heterocycles. The highest BCUT2D eigenvalue weighted by Crippen LogP contribution is 2.18. The molecule has 2 fully saturated rings. The normalized spacial score (nSPS) is 21.0. The largest absolute Gasteiger partial charge is 0.349 e. The average Bonchev–Trinajstić information content (AvgIpc) is 2.64. The molecule has 7 heteroatoms. The number of sulfonamides is 1. The van der Waals surface area contributed by atoms with E-state index < -0.39 is 10.0 Å². The van der Waals surface area contributed by atoms with Crippen LogP contribution in [0.25, 0.3) is 0 Å². The van der Waals surface area contributed by atoms with Gasteiger partial charge in [-0.3, -0.25) is 9.69 Å². The molecule has 28 heavy (non-hydrogen) atoms. The van der Waals surface area contributed by atoms with E-state index >= 15 is 0 Å². The van der Waals surface area contributed by atoms with Crippen LogP contribution in [0.3, 0.4) is 0 Å². The van der Waals surface area contributed by atoms with Gasteiger partial charge >= 0.3 is 0 Å². The van der Waals surface area contributed by atoms with Crippen molar-refractivity contribution < 1.29 is 13.2 Å². The molecule has 0 bridgehead atoms. The molecule has 0 radical (unpaired) electrons. The van der Waals surface area contributed by atoms with Gasteiger partial charge in [-0.25, -0.2) is 8.42 Å². The Labute approximate surface area is 169 Å². The molecular formula is C21H33N3O3S. The minimum Gasteiger partial charge on any atom is -0.349 e.